The number of carbonyl (C=O) groups is 1. The minimum Gasteiger partial charge on any atom is -0.457 e. The summed E-state index contributed by atoms with van der Waals surface area (Å²) >= 11 is 0. The summed E-state index contributed by atoms with van der Waals surface area (Å²) < 4.78 is 30.1. The average Bonchev–Trinajstić information content (AvgIpc) is 2.78. The van der Waals surface area contributed by atoms with Crippen molar-refractivity contribution in [1.29, 1.82) is 0 Å². The topological polar surface area (TPSA) is 65.0 Å². The van der Waals surface area contributed by atoms with Crippen LogP contribution in [-0.4, -0.2) is 30.6 Å². The van der Waals surface area contributed by atoms with E-state index in [4.69, 9.17) is 14.2 Å². The molecule has 0 radical (unpaired) electrons. The highest BCUT2D eigenvalue weighted by Gasteiger charge is 2.38. The minimum atomic E-state index is -0.620. The van der Waals surface area contributed by atoms with E-state index in [-0.39, 0.29) is 36.6 Å². The highest BCUT2D eigenvalue weighted by Crippen LogP contribution is 2.39. The van der Waals surface area contributed by atoms with Crippen molar-refractivity contribution >= 4 is 5.97 Å². The summed E-state index contributed by atoms with van der Waals surface area (Å²) in [6.07, 6.45) is 2.46. The third-order valence-electron chi connectivity index (χ3n) is 5.08. The average molecular weight is 414 g/mol. The fraction of sp³-hybridized carbons (Fsp3) is 0.375. The second kappa shape index (κ2) is 10.9. The molecular formula is C24H27FO5. The largest absolute Gasteiger partial charge is 0.457 e. The molecule has 0 amide bonds. The Bertz CT molecular complexity index is 834. The number of allylic oxidation sites excluding steroid dienone is 1. The lowest BCUT2D eigenvalue weighted by atomic mass is 9.80. The van der Waals surface area contributed by atoms with Crippen molar-refractivity contribution < 1.29 is 28.5 Å². The van der Waals surface area contributed by atoms with Crippen LogP contribution in [0.1, 0.15) is 36.8 Å². The van der Waals surface area contributed by atoms with Gasteiger partial charge < -0.3 is 19.3 Å². The molecule has 0 fully saturated rings. The van der Waals surface area contributed by atoms with Crippen molar-refractivity contribution in [2.75, 3.05) is 13.2 Å². The zero-order chi connectivity index (χ0) is 21.3. The number of aliphatic hydroxyl groups is 1. The molecule has 0 spiro atoms. The van der Waals surface area contributed by atoms with Gasteiger partial charge in [-0.15, -0.1) is 0 Å². The molecule has 3 atom stereocenters. The van der Waals surface area contributed by atoms with Gasteiger partial charge in [0.25, 0.3) is 0 Å². The van der Waals surface area contributed by atoms with Gasteiger partial charge >= 0.3 is 5.97 Å². The highest BCUT2D eigenvalue weighted by molar-refractivity contribution is 5.86. The summed E-state index contributed by atoms with van der Waals surface area (Å²) in [4.78, 5) is 12.7. The van der Waals surface area contributed by atoms with Gasteiger partial charge in [-0.25, -0.2) is 9.18 Å². The summed E-state index contributed by atoms with van der Waals surface area (Å²) in [6, 6.07) is 15.6. The smallest absolute Gasteiger partial charge is 0.373 e. The molecule has 0 unspecified atom stereocenters. The van der Waals surface area contributed by atoms with Gasteiger partial charge in [0.1, 0.15) is 12.4 Å². The molecule has 0 aromatic heterocycles. The van der Waals surface area contributed by atoms with Crippen molar-refractivity contribution in [3.8, 4) is 0 Å². The lowest BCUT2D eigenvalue weighted by Gasteiger charge is -2.36. The van der Waals surface area contributed by atoms with Crippen LogP contribution in [0.3, 0.4) is 0 Å². The summed E-state index contributed by atoms with van der Waals surface area (Å²) in [5.74, 6) is -0.998. The molecule has 0 aliphatic carbocycles. The monoisotopic (exact) mass is 414 g/mol. The zero-order valence-corrected chi connectivity index (χ0v) is 17.0. The molecule has 2 aromatic carbocycles. The fourth-order valence-electron chi connectivity index (χ4n) is 3.61. The van der Waals surface area contributed by atoms with Gasteiger partial charge in [0, 0.05) is 25.0 Å². The van der Waals surface area contributed by atoms with Crippen molar-refractivity contribution in [2.24, 2.45) is 5.92 Å². The van der Waals surface area contributed by atoms with Crippen LogP contribution in [0.15, 0.2) is 66.4 Å². The maximum Gasteiger partial charge on any atom is 0.373 e. The van der Waals surface area contributed by atoms with Crippen LogP contribution in [-0.2, 0) is 25.6 Å². The zero-order valence-electron chi connectivity index (χ0n) is 17.0. The Labute approximate surface area is 176 Å². The van der Waals surface area contributed by atoms with Crippen molar-refractivity contribution in [3.05, 3.63) is 83.4 Å². The van der Waals surface area contributed by atoms with E-state index in [9.17, 15) is 14.3 Å². The molecule has 5 nitrogen and oxygen atoms in total. The van der Waals surface area contributed by atoms with E-state index in [0.717, 1.165) is 5.56 Å². The molecule has 0 saturated heterocycles. The lowest BCUT2D eigenvalue weighted by Crippen LogP contribution is -2.36. The molecule has 0 bridgehead atoms. The molecule has 2 aromatic rings. The molecular weight excluding hydrogens is 387 g/mol. The van der Waals surface area contributed by atoms with Gasteiger partial charge in [-0.1, -0.05) is 42.5 Å². The van der Waals surface area contributed by atoms with E-state index in [0.29, 0.717) is 25.0 Å². The fourth-order valence-corrected chi connectivity index (χ4v) is 3.61. The second-order valence-electron chi connectivity index (χ2n) is 7.14. The van der Waals surface area contributed by atoms with Crippen molar-refractivity contribution in [3.63, 3.8) is 0 Å². The molecule has 1 N–H and O–H groups in total. The Hall–Kier alpha value is -2.70. The van der Waals surface area contributed by atoms with Gasteiger partial charge in [0.2, 0.25) is 12.0 Å². The van der Waals surface area contributed by atoms with E-state index in [2.05, 4.69) is 0 Å². The molecule has 6 heteroatoms. The number of hydrogen-bond acceptors (Lipinski definition) is 5. The predicted molar refractivity (Wildman–Crippen MR) is 110 cm³/mol. The molecule has 1 aliphatic rings. The van der Waals surface area contributed by atoms with Gasteiger partial charge in [0.05, 0.1) is 0 Å². The Kier molecular flexibility index (Phi) is 7.99. The first-order chi connectivity index (χ1) is 14.6. The number of ether oxygens (including phenoxy) is 3. The second-order valence-corrected chi connectivity index (χ2v) is 7.14. The molecule has 1 aliphatic heterocycles. The summed E-state index contributed by atoms with van der Waals surface area (Å²) in [6.45, 7) is 2.39. The van der Waals surface area contributed by atoms with E-state index >= 15 is 0 Å². The first-order valence-electron chi connectivity index (χ1n) is 10.2. The van der Waals surface area contributed by atoms with Gasteiger partial charge in [0.15, 0.2) is 0 Å². The molecule has 30 heavy (non-hydrogen) atoms. The highest BCUT2D eigenvalue weighted by atomic mass is 19.1. The van der Waals surface area contributed by atoms with Crippen molar-refractivity contribution in [2.45, 2.75) is 38.6 Å². The number of esters is 1. The van der Waals surface area contributed by atoms with E-state index in [1.54, 1.807) is 18.2 Å². The molecule has 3 rings (SSSR count). The normalized spacial score (nSPS) is 20.9. The van der Waals surface area contributed by atoms with Gasteiger partial charge in [-0.05, 0) is 49.1 Å². The lowest BCUT2D eigenvalue weighted by molar-refractivity contribution is -0.176. The maximum atomic E-state index is 13.1. The van der Waals surface area contributed by atoms with Gasteiger partial charge in [-0.2, -0.15) is 0 Å². The number of hydrogen-bond donors (Lipinski definition) is 1. The van der Waals surface area contributed by atoms with Gasteiger partial charge in [-0.3, -0.25) is 0 Å². The SMILES string of the molecule is CCO[C@H]1OC(C(=O)OCc2ccc(F)cc2)=C[C@@H](c2ccccc2)[C@H]1CCCO. The predicted octanol–water partition coefficient (Wildman–Crippen LogP) is 4.32. The van der Waals surface area contributed by atoms with Crippen LogP contribution < -0.4 is 0 Å². The standard InChI is InChI=1S/C24H27FO5/c1-2-28-24-20(9-6-14-26)21(18-7-4-3-5-8-18)15-22(30-24)23(27)29-16-17-10-12-19(25)13-11-17/h3-5,7-8,10-13,15,20-21,24,26H,2,6,9,14,16H2,1H3/t20-,21+,24+/m1/s1. The van der Waals surface area contributed by atoms with Crippen LogP contribution in [0.25, 0.3) is 0 Å². The number of carbonyl (C=O) groups excluding carboxylic acids is 1. The number of rotatable bonds is 9. The Balaban J connectivity index is 1.81. The summed E-state index contributed by atoms with van der Waals surface area (Å²) in [5, 5.41) is 9.31. The Morgan fingerprint density at radius 2 is 1.87 bits per heavy atom. The summed E-state index contributed by atoms with van der Waals surface area (Å²) in [7, 11) is 0. The van der Waals surface area contributed by atoms with Crippen LogP contribution in [0.2, 0.25) is 0 Å². The third-order valence-corrected chi connectivity index (χ3v) is 5.08. The number of halogens is 1. The maximum absolute atomic E-state index is 13.1. The Morgan fingerprint density at radius 1 is 1.13 bits per heavy atom. The molecule has 1 heterocycles. The van der Waals surface area contributed by atoms with Crippen LogP contribution in [0.5, 0.6) is 0 Å². The van der Waals surface area contributed by atoms with Crippen LogP contribution in [0, 0.1) is 11.7 Å². The summed E-state index contributed by atoms with van der Waals surface area (Å²) in [5.41, 5.74) is 1.72. The quantitative estimate of drug-likeness (QED) is 0.619. The third kappa shape index (κ3) is 5.68. The number of aliphatic hydroxyl groups excluding tert-OH is 1. The minimum absolute atomic E-state index is 0.0169. The Morgan fingerprint density at radius 3 is 2.53 bits per heavy atom. The number of benzene rings is 2. The van der Waals surface area contributed by atoms with E-state index < -0.39 is 12.3 Å². The van der Waals surface area contributed by atoms with Crippen molar-refractivity contribution in [1.82, 2.24) is 0 Å². The van der Waals surface area contributed by atoms with Crippen LogP contribution >= 0.6 is 0 Å². The van der Waals surface area contributed by atoms with Crippen LogP contribution in [0.4, 0.5) is 4.39 Å². The molecule has 160 valence electrons. The van der Waals surface area contributed by atoms with E-state index in [1.165, 1.54) is 12.1 Å². The first kappa shape index (κ1) is 22.0. The van der Waals surface area contributed by atoms with E-state index in [1.807, 2.05) is 37.3 Å². The molecule has 0 saturated carbocycles. The first-order valence-corrected chi connectivity index (χ1v) is 10.2.